The van der Waals surface area contributed by atoms with Gasteiger partial charge in [0.05, 0.1) is 0 Å². The Morgan fingerprint density at radius 3 is 2.34 bits per heavy atom. The van der Waals surface area contributed by atoms with E-state index in [0.717, 1.165) is 0 Å². The molecule has 4 unspecified atom stereocenters. The van der Waals surface area contributed by atoms with Crippen LogP contribution in [0.4, 0.5) is 4.79 Å². The highest BCUT2D eigenvalue weighted by Gasteiger charge is 2.64. The molecule has 1 aromatic rings. The van der Waals surface area contributed by atoms with E-state index < -0.39 is 83.1 Å². The van der Waals surface area contributed by atoms with E-state index >= 15 is 0 Å². The van der Waals surface area contributed by atoms with Crippen LogP contribution in [0.5, 0.6) is 0 Å². The fourth-order valence-corrected chi connectivity index (χ4v) is 5.88. The Morgan fingerprint density at radius 1 is 1.13 bits per heavy atom. The van der Waals surface area contributed by atoms with Gasteiger partial charge >= 0.3 is 12.1 Å². The van der Waals surface area contributed by atoms with E-state index in [1.807, 2.05) is 0 Å². The van der Waals surface area contributed by atoms with E-state index in [1.165, 1.54) is 28.8 Å². The smallest absolute Gasteiger partial charge is 0.408 e. The number of ether oxygens (including phenoxy) is 1. The van der Waals surface area contributed by atoms with Crippen molar-refractivity contribution < 1.29 is 54.2 Å². The Labute approximate surface area is 220 Å². The number of β-lactam (4-membered cyclic amide) rings is 1. The van der Waals surface area contributed by atoms with Crippen molar-refractivity contribution in [3.8, 4) is 0 Å². The molecule has 8 atom stereocenters. The van der Waals surface area contributed by atoms with Crippen LogP contribution in [0.1, 0.15) is 25.5 Å². The molecule has 0 radical (unpaired) electrons. The predicted molar refractivity (Wildman–Crippen MR) is 129 cm³/mol. The normalized spacial score (nSPS) is 25.6. The zero-order chi connectivity index (χ0) is 28.4. The molecule has 0 bridgehead atoms. The van der Waals surface area contributed by atoms with Crippen molar-refractivity contribution in [2.24, 2.45) is 0 Å². The van der Waals surface area contributed by atoms with Crippen LogP contribution < -0.4 is 10.6 Å². The third-order valence-corrected chi connectivity index (χ3v) is 7.82. The van der Waals surface area contributed by atoms with E-state index in [2.05, 4.69) is 10.6 Å². The van der Waals surface area contributed by atoms with E-state index in [4.69, 9.17) is 4.74 Å². The largest absolute Gasteiger partial charge is 0.480 e. The van der Waals surface area contributed by atoms with Crippen LogP contribution in [-0.4, -0.2) is 114 Å². The van der Waals surface area contributed by atoms with Crippen molar-refractivity contribution in [3.63, 3.8) is 0 Å². The summed E-state index contributed by atoms with van der Waals surface area (Å²) in [6, 6.07) is 4.49. The number of alkyl carbamates (subject to hydrolysis) is 1. The van der Waals surface area contributed by atoms with Gasteiger partial charge in [-0.3, -0.25) is 9.59 Å². The summed E-state index contributed by atoms with van der Waals surface area (Å²) in [5.74, 6) is -2.51. The molecule has 0 aromatic heterocycles. The topological polar surface area (TPSA) is 223 Å². The molecule has 2 heterocycles. The summed E-state index contributed by atoms with van der Waals surface area (Å²) < 4.78 is 4.03. The highest BCUT2D eigenvalue weighted by molar-refractivity contribution is 8.01. The first-order chi connectivity index (χ1) is 17.8. The second kappa shape index (κ2) is 11.7. The minimum atomic E-state index is -2.03. The molecule has 0 saturated carbocycles. The van der Waals surface area contributed by atoms with Gasteiger partial charge in [0.25, 0.3) is 0 Å². The summed E-state index contributed by atoms with van der Waals surface area (Å²) in [4.78, 5) is 61.8. The van der Waals surface area contributed by atoms with Crippen molar-refractivity contribution in [1.82, 2.24) is 15.5 Å². The summed E-state index contributed by atoms with van der Waals surface area (Å²) >= 11 is 1.24. The molecule has 1 aromatic carbocycles. The van der Waals surface area contributed by atoms with Crippen molar-refractivity contribution in [2.75, 3.05) is 6.61 Å². The molecule has 2 fully saturated rings. The second-order valence-corrected chi connectivity index (χ2v) is 11.1. The number of benzene rings is 1. The van der Waals surface area contributed by atoms with E-state index in [9.17, 15) is 49.5 Å². The molecule has 14 nitrogen and oxygen atoms in total. The van der Waals surface area contributed by atoms with Crippen LogP contribution >= 0.6 is 11.8 Å². The number of thioether (sulfide) groups is 1. The summed E-state index contributed by atoms with van der Waals surface area (Å²) in [7, 11) is 0. The summed E-state index contributed by atoms with van der Waals surface area (Å²) in [5.41, 5.74) is 0.318. The van der Waals surface area contributed by atoms with Gasteiger partial charge in [0.1, 0.15) is 54.5 Å². The lowest BCUT2D eigenvalue weighted by molar-refractivity contribution is -0.161. The number of carboxylic acids is 1. The van der Waals surface area contributed by atoms with Crippen LogP contribution in [0.15, 0.2) is 30.3 Å². The predicted octanol–water partition coefficient (Wildman–Crippen LogP) is -2.27. The minimum Gasteiger partial charge on any atom is -0.480 e. The number of carbonyl (C=O) groups is 5. The van der Waals surface area contributed by atoms with Gasteiger partial charge in [-0.05, 0) is 19.4 Å². The highest BCUT2D eigenvalue weighted by atomic mass is 32.2. The first kappa shape index (κ1) is 29.3. The number of rotatable bonds is 11. The molecule has 7 N–H and O–H groups in total. The van der Waals surface area contributed by atoms with E-state index in [0.29, 0.717) is 5.56 Å². The third-order valence-electron chi connectivity index (χ3n) is 6.25. The maximum atomic E-state index is 13.2. The van der Waals surface area contributed by atoms with Gasteiger partial charge in [0.15, 0.2) is 6.29 Å². The maximum absolute atomic E-state index is 13.2. The summed E-state index contributed by atoms with van der Waals surface area (Å²) in [6.45, 7) is 2.52. The molecule has 2 saturated heterocycles. The zero-order valence-corrected chi connectivity index (χ0v) is 21.1. The number of carbonyl (C=O) groups excluding carboxylic acids is 4. The molecule has 3 rings (SSSR count). The standard InChI is InChI=1S/C23H29N3O11S/c1-23(2)17(21(34)35)26-19(33)14(20(26)38-23)24-18(32)13(10-6-4-3-5-7-10)25-22(36)37-9-12(29)16(31)15(30)11(28)8-27/h3-8,11-17,20,28-31H,9H2,1-2H3,(H,24,32)(H,25,36)(H,34,35)/t11-,12+,13?,14?,15+,16-,17?,20?/m0/s1. The van der Waals surface area contributed by atoms with Crippen molar-refractivity contribution >= 4 is 41.9 Å². The van der Waals surface area contributed by atoms with Crippen molar-refractivity contribution in [3.05, 3.63) is 35.9 Å². The SMILES string of the molecule is CC1(C)SC2C(NC(=O)C(NC(=O)OC[C@@H](O)[C@H](O)[C@H](O)[C@@H](O)C=O)c3ccccc3)C(=O)N2C1C(=O)O. The van der Waals surface area contributed by atoms with Crippen molar-refractivity contribution in [1.29, 1.82) is 0 Å². The fourth-order valence-electron chi connectivity index (χ4n) is 4.26. The van der Waals surface area contributed by atoms with Crippen LogP contribution in [0.2, 0.25) is 0 Å². The number of nitrogens with zero attached hydrogens (tertiary/aromatic N) is 1. The molecule has 15 heteroatoms. The maximum Gasteiger partial charge on any atom is 0.408 e. The van der Waals surface area contributed by atoms with Gasteiger partial charge in [0.2, 0.25) is 11.8 Å². The van der Waals surface area contributed by atoms with Gasteiger partial charge < -0.3 is 50.6 Å². The number of aliphatic hydroxyl groups is 4. The first-order valence-electron chi connectivity index (χ1n) is 11.5. The molecule has 38 heavy (non-hydrogen) atoms. The van der Waals surface area contributed by atoms with Crippen LogP contribution in [0.3, 0.4) is 0 Å². The average Bonchev–Trinajstić information content (AvgIpc) is 3.15. The minimum absolute atomic E-state index is 0.0454. The Hall–Kier alpha value is -3.24. The fraction of sp³-hybridized carbons (Fsp3) is 0.522. The van der Waals surface area contributed by atoms with Crippen LogP contribution in [0, 0.1) is 0 Å². The number of aliphatic carboxylic acids is 1. The third kappa shape index (κ3) is 5.91. The molecule has 3 amide bonds. The molecule has 0 aliphatic carbocycles. The Bertz CT molecular complexity index is 1070. The van der Waals surface area contributed by atoms with Gasteiger partial charge in [-0.2, -0.15) is 0 Å². The number of aliphatic hydroxyl groups excluding tert-OH is 4. The summed E-state index contributed by atoms with van der Waals surface area (Å²) in [5, 5.41) is 52.4. The Kier molecular flexibility index (Phi) is 8.99. The van der Waals surface area contributed by atoms with Gasteiger partial charge in [-0.15, -0.1) is 11.8 Å². The Balaban J connectivity index is 1.66. The van der Waals surface area contributed by atoms with Gasteiger partial charge in [-0.1, -0.05) is 30.3 Å². The molecule has 2 aliphatic heterocycles. The number of amides is 3. The van der Waals surface area contributed by atoms with Gasteiger partial charge in [-0.25, -0.2) is 9.59 Å². The number of hydrogen-bond acceptors (Lipinski definition) is 11. The van der Waals surface area contributed by atoms with Crippen LogP contribution in [-0.2, 0) is 23.9 Å². The lowest BCUT2D eigenvalue weighted by Crippen LogP contribution is -2.71. The first-order valence-corrected chi connectivity index (χ1v) is 12.4. The van der Waals surface area contributed by atoms with E-state index in [1.54, 1.807) is 32.0 Å². The molecular formula is C23H29N3O11S. The molecule has 0 spiro atoms. The van der Waals surface area contributed by atoms with Crippen molar-refractivity contribution in [2.45, 2.75) is 66.5 Å². The van der Waals surface area contributed by atoms with Crippen LogP contribution in [0.25, 0.3) is 0 Å². The zero-order valence-electron chi connectivity index (χ0n) is 20.3. The van der Waals surface area contributed by atoms with Gasteiger partial charge in [0, 0.05) is 4.75 Å². The number of fused-ring (bicyclic) bond motifs is 1. The Morgan fingerprint density at radius 2 is 1.76 bits per heavy atom. The average molecular weight is 556 g/mol. The number of carboxylic acid groups (broad SMARTS) is 1. The summed E-state index contributed by atoms with van der Waals surface area (Å²) in [6.07, 6.45) is -9.15. The lowest BCUT2D eigenvalue weighted by atomic mass is 9.95. The van der Waals surface area contributed by atoms with E-state index in [-0.39, 0.29) is 6.29 Å². The second-order valence-electron chi connectivity index (χ2n) is 9.35. The number of aldehydes is 1. The molecule has 2 aliphatic rings. The number of hydrogen-bond donors (Lipinski definition) is 7. The monoisotopic (exact) mass is 555 g/mol. The quantitative estimate of drug-likeness (QED) is 0.113. The molecular weight excluding hydrogens is 526 g/mol. The number of nitrogens with one attached hydrogen (secondary N) is 2. The lowest BCUT2D eigenvalue weighted by Gasteiger charge is -2.44. The molecule has 208 valence electrons. The highest BCUT2D eigenvalue weighted by Crippen LogP contribution is 2.50.